The second-order valence-corrected chi connectivity index (χ2v) is 4.17. The second kappa shape index (κ2) is 3.96. The summed E-state index contributed by atoms with van der Waals surface area (Å²) in [5, 5.41) is 4.45. The number of aryl methyl sites for hydroxylation is 1. The molecule has 2 aromatic heterocycles. The summed E-state index contributed by atoms with van der Waals surface area (Å²) >= 11 is 0. The molecular weight excluding hydrogens is 200 g/mol. The third kappa shape index (κ3) is 1.66. The molecule has 2 aromatic rings. The largest absolute Gasteiger partial charge is 0.383 e. The molecule has 0 aromatic carbocycles. The number of aromatic nitrogens is 3. The first kappa shape index (κ1) is 10.7. The van der Waals surface area contributed by atoms with Crippen molar-refractivity contribution in [3.8, 4) is 11.1 Å². The Hall–Kier alpha value is -1.84. The molecule has 2 rings (SSSR count). The average molecular weight is 216 g/mol. The Morgan fingerprint density at radius 2 is 2.12 bits per heavy atom. The van der Waals surface area contributed by atoms with Crippen LogP contribution in [-0.2, 0) is 7.05 Å². The van der Waals surface area contributed by atoms with Crippen LogP contribution in [0.4, 0.5) is 5.82 Å². The first-order chi connectivity index (χ1) is 7.61. The van der Waals surface area contributed by atoms with Gasteiger partial charge in [-0.15, -0.1) is 0 Å². The summed E-state index contributed by atoms with van der Waals surface area (Å²) in [7, 11) is 1.86. The highest BCUT2D eigenvalue weighted by atomic mass is 15.3. The quantitative estimate of drug-likeness (QED) is 0.837. The molecule has 4 heteroatoms. The number of anilines is 1. The summed E-state index contributed by atoms with van der Waals surface area (Å²) in [6, 6.07) is 3.91. The number of hydrogen-bond donors (Lipinski definition) is 1. The molecular formula is C12H16N4. The van der Waals surface area contributed by atoms with Crippen LogP contribution in [0.5, 0.6) is 0 Å². The number of pyridine rings is 1. The van der Waals surface area contributed by atoms with Crippen LogP contribution in [0.15, 0.2) is 24.5 Å². The molecule has 84 valence electrons. The van der Waals surface area contributed by atoms with Gasteiger partial charge in [0.05, 0.1) is 5.69 Å². The third-order valence-corrected chi connectivity index (χ3v) is 2.62. The Kier molecular flexibility index (Phi) is 2.64. The van der Waals surface area contributed by atoms with Gasteiger partial charge in [0.15, 0.2) is 0 Å². The highest BCUT2D eigenvalue weighted by Gasteiger charge is 2.17. The van der Waals surface area contributed by atoms with Crippen molar-refractivity contribution in [1.29, 1.82) is 0 Å². The van der Waals surface area contributed by atoms with Gasteiger partial charge in [0.2, 0.25) is 0 Å². The standard InChI is InChI=1S/C12H16N4/c1-8(2)11-10(12(13)16(3)15-11)9-5-4-6-14-7-9/h4-8H,13H2,1-3H3. The van der Waals surface area contributed by atoms with Crippen LogP contribution in [0.2, 0.25) is 0 Å². The van der Waals surface area contributed by atoms with Crippen LogP contribution in [0.3, 0.4) is 0 Å². The SMILES string of the molecule is CC(C)c1nn(C)c(N)c1-c1cccnc1. The molecule has 2 N–H and O–H groups in total. The van der Waals surface area contributed by atoms with Gasteiger partial charge in [0, 0.05) is 30.6 Å². The lowest BCUT2D eigenvalue weighted by molar-refractivity contribution is 0.719. The Balaban J connectivity index is 2.64. The number of rotatable bonds is 2. The molecule has 0 amide bonds. The van der Waals surface area contributed by atoms with Gasteiger partial charge in [-0.05, 0) is 12.0 Å². The first-order valence-corrected chi connectivity index (χ1v) is 5.34. The van der Waals surface area contributed by atoms with E-state index in [1.54, 1.807) is 10.9 Å². The van der Waals surface area contributed by atoms with Crippen molar-refractivity contribution in [2.75, 3.05) is 5.73 Å². The zero-order chi connectivity index (χ0) is 11.7. The van der Waals surface area contributed by atoms with Crippen LogP contribution in [-0.4, -0.2) is 14.8 Å². The van der Waals surface area contributed by atoms with E-state index in [-0.39, 0.29) is 0 Å². The maximum absolute atomic E-state index is 6.05. The summed E-state index contributed by atoms with van der Waals surface area (Å²) in [5.41, 5.74) is 9.10. The minimum atomic E-state index is 0.346. The molecule has 0 saturated heterocycles. The molecule has 0 aliphatic heterocycles. The number of nitrogen functional groups attached to an aromatic ring is 1. The molecule has 0 unspecified atom stereocenters. The minimum Gasteiger partial charge on any atom is -0.383 e. The topological polar surface area (TPSA) is 56.7 Å². The van der Waals surface area contributed by atoms with E-state index in [4.69, 9.17) is 5.73 Å². The third-order valence-electron chi connectivity index (χ3n) is 2.62. The van der Waals surface area contributed by atoms with Crippen LogP contribution < -0.4 is 5.73 Å². The van der Waals surface area contributed by atoms with Gasteiger partial charge in [0.25, 0.3) is 0 Å². The highest BCUT2D eigenvalue weighted by molar-refractivity contribution is 5.76. The maximum Gasteiger partial charge on any atom is 0.129 e. The lowest BCUT2D eigenvalue weighted by atomic mass is 10.0. The summed E-state index contributed by atoms with van der Waals surface area (Å²) in [6.45, 7) is 4.23. The molecule has 0 bridgehead atoms. The first-order valence-electron chi connectivity index (χ1n) is 5.34. The van der Waals surface area contributed by atoms with Crippen LogP contribution in [0.25, 0.3) is 11.1 Å². The van der Waals surface area contributed by atoms with Gasteiger partial charge < -0.3 is 5.73 Å². The molecule has 16 heavy (non-hydrogen) atoms. The summed E-state index contributed by atoms with van der Waals surface area (Å²) in [6.07, 6.45) is 3.57. The summed E-state index contributed by atoms with van der Waals surface area (Å²) in [4.78, 5) is 4.12. The van der Waals surface area contributed by atoms with Crippen molar-refractivity contribution in [2.45, 2.75) is 19.8 Å². The normalized spacial score (nSPS) is 11.0. The minimum absolute atomic E-state index is 0.346. The van der Waals surface area contributed by atoms with Crippen LogP contribution in [0.1, 0.15) is 25.5 Å². The van der Waals surface area contributed by atoms with Crippen molar-refractivity contribution in [3.63, 3.8) is 0 Å². The average Bonchev–Trinajstić information content (AvgIpc) is 2.57. The van der Waals surface area contributed by atoms with Crippen molar-refractivity contribution in [3.05, 3.63) is 30.2 Å². The molecule has 0 radical (unpaired) electrons. The molecule has 0 aliphatic rings. The predicted molar refractivity (Wildman–Crippen MR) is 64.9 cm³/mol. The predicted octanol–water partition coefficient (Wildman–Crippen LogP) is 2.19. The van der Waals surface area contributed by atoms with E-state index in [1.165, 1.54) is 0 Å². The fraction of sp³-hybridized carbons (Fsp3) is 0.333. The van der Waals surface area contributed by atoms with E-state index >= 15 is 0 Å². The smallest absolute Gasteiger partial charge is 0.129 e. The van der Waals surface area contributed by atoms with E-state index in [0.29, 0.717) is 11.7 Å². The number of nitrogens with two attached hydrogens (primary N) is 1. The van der Waals surface area contributed by atoms with Gasteiger partial charge in [0.1, 0.15) is 5.82 Å². The zero-order valence-electron chi connectivity index (χ0n) is 9.81. The summed E-state index contributed by atoms with van der Waals surface area (Å²) in [5.74, 6) is 1.04. The van der Waals surface area contributed by atoms with Crippen LogP contribution in [0, 0.1) is 0 Å². The van der Waals surface area contributed by atoms with E-state index < -0.39 is 0 Å². The van der Waals surface area contributed by atoms with Gasteiger partial charge in [-0.3, -0.25) is 9.67 Å². The van der Waals surface area contributed by atoms with Crippen molar-refractivity contribution >= 4 is 5.82 Å². The fourth-order valence-electron chi connectivity index (χ4n) is 1.77. The molecule has 0 atom stereocenters. The van der Waals surface area contributed by atoms with Gasteiger partial charge >= 0.3 is 0 Å². The van der Waals surface area contributed by atoms with Gasteiger partial charge in [-0.2, -0.15) is 5.10 Å². The monoisotopic (exact) mass is 216 g/mol. The van der Waals surface area contributed by atoms with Crippen molar-refractivity contribution in [2.24, 2.45) is 7.05 Å². The lowest BCUT2D eigenvalue weighted by Gasteiger charge is -2.05. The Labute approximate surface area is 95.1 Å². The molecule has 0 saturated carbocycles. The Morgan fingerprint density at radius 3 is 2.69 bits per heavy atom. The molecule has 4 nitrogen and oxygen atoms in total. The molecule has 0 aliphatic carbocycles. The fourth-order valence-corrected chi connectivity index (χ4v) is 1.77. The second-order valence-electron chi connectivity index (χ2n) is 4.17. The zero-order valence-corrected chi connectivity index (χ0v) is 9.81. The summed E-state index contributed by atoms with van der Waals surface area (Å²) < 4.78 is 1.72. The Bertz CT molecular complexity index is 485. The Morgan fingerprint density at radius 1 is 1.38 bits per heavy atom. The molecule has 0 spiro atoms. The maximum atomic E-state index is 6.05. The van der Waals surface area contributed by atoms with E-state index in [0.717, 1.165) is 16.8 Å². The van der Waals surface area contributed by atoms with E-state index in [9.17, 15) is 0 Å². The number of hydrogen-bond acceptors (Lipinski definition) is 3. The lowest BCUT2D eigenvalue weighted by Crippen LogP contribution is -1.98. The van der Waals surface area contributed by atoms with Gasteiger partial charge in [-0.25, -0.2) is 0 Å². The highest BCUT2D eigenvalue weighted by Crippen LogP contribution is 2.32. The van der Waals surface area contributed by atoms with Crippen molar-refractivity contribution < 1.29 is 0 Å². The van der Waals surface area contributed by atoms with E-state index in [1.807, 2.05) is 25.4 Å². The molecule has 0 fully saturated rings. The van der Waals surface area contributed by atoms with Crippen LogP contribution >= 0.6 is 0 Å². The van der Waals surface area contributed by atoms with E-state index in [2.05, 4.69) is 23.9 Å². The number of nitrogens with zero attached hydrogens (tertiary/aromatic N) is 3. The van der Waals surface area contributed by atoms with Crippen molar-refractivity contribution in [1.82, 2.24) is 14.8 Å². The van der Waals surface area contributed by atoms with Gasteiger partial charge in [-0.1, -0.05) is 19.9 Å². The molecule has 2 heterocycles.